The van der Waals surface area contributed by atoms with E-state index in [1.54, 1.807) is 6.92 Å². The lowest BCUT2D eigenvalue weighted by Gasteiger charge is -2.24. The van der Waals surface area contributed by atoms with Crippen LogP contribution < -0.4 is 4.90 Å². The second kappa shape index (κ2) is 7.77. The molecule has 0 saturated heterocycles. The number of hydrogen-bond donors (Lipinski definition) is 1. The zero-order valence-corrected chi connectivity index (χ0v) is 12.9. The van der Waals surface area contributed by atoms with Crippen LogP contribution in [-0.2, 0) is 4.74 Å². The van der Waals surface area contributed by atoms with Crippen molar-refractivity contribution in [1.82, 2.24) is 0 Å². The monoisotopic (exact) mass is 315 g/mol. The van der Waals surface area contributed by atoms with Crippen LogP contribution >= 0.6 is 15.9 Å². The number of aliphatic hydroxyl groups excluding tert-OH is 1. The third kappa shape index (κ3) is 4.26. The van der Waals surface area contributed by atoms with Gasteiger partial charge in [0.1, 0.15) is 0 Å². The Bertz CT molecular complexity index is 369. The first-order valence-corrected chi connectivity index (χ1v) is 7.19. The molecular formula is C14H22BrNO2. The van der Waals surface area contributed by atoms with Crippen molar-refractivity contribution >= 4 is 21.6 Å². The van der Waals surface area contributed by atoms with Crippen molar-refractivity contribution in [1.29, 1.82) is 0 Å². The van der Waals surface area contributed by atoms with Crippen molar-refractivity contribution in [3.63, 3.8) is 0 Å². The fourth-order valence-electron chi connectivity index (χ4n) is 1.84. The molecule has 18 heavy (non-hydrogen) atoms. The van der Waals surface area contributed by atoms with E-state index in [9.17, 15) is 5.11 Å². The van der Waals surface area contributed by atoms with E-state index < -0.39 is 6.10 Å². The number of nitrogens with zero attached hydrogens (tertiary/aromatic N) is 1. The quantitative estimate of drug-likeness (QED) is 0.783. The zero-order chi connectivity index (χ0) is 13.5. The van der Waals surface area contributed by atoms with E-state index in [0.29, 0.717) is 0 Å². The van der Waals surface area contributed by atoms with E-state index >= 15 is 0 Å². The molecule has 3 nitrogen and oxygen atoms in total. The predicted molar refractivity (Wildman–Crippen MR) is 79.2 cm³/mol. The summed E-state index contributed by atoms with van der Waals surface area (Å²) in [5.41, 5.74) is 2.06. The Labute approximate surface area is 118 Å². The molecule has 0 aromatic heterocycles. The maximum atomic E-state index is 9.60. The molecule has 0 radical (unpaired) electrons. The zero-order valence-electron chi connectivity index (χ0n) is 11.3. The molecule has 0 aliphatic rings. The highest BCUT2D eigenvalue weighted by Crippen LogP contribution is 2.28. The van der Waals surface area contributed by atoms with Crippen molar-refractivity contribution in [3.05, 3.63) is 28.2 Å². The van der Waals surface area contributed by atoms with Gasteiger partial charge in [0.2, 0.25) is 0 Å². The third-order valence-electron chi connectivity index (χ3n) is 2.89. The van der Waals surface area contributed by atoms with Gasteiger partial charge in [0.15, 0.2) is 0 Å². The minimum absolute atomic E-state index is 0.452. The van der Waals surface area contributed by atoms with Crippen LogP contribution in [0.1, 0.15) is 32.4 Å². The Morgan fingerprint density at radius 1 is 1.39 bits per heavy atom. The summed E-state index contributed by atoms with van der Waals surface area (Å²) in [5.74, 6) is 0. The first kappa shape index (κ1) is 15.5. The Hall–Kier alpha value is -0.580. The van der Waals surface area contributed by atoms with Gasteiger partial charge in [0.25, 0.3) is 0 Å². The number of ether oxygens (including phenoxy) is 1. The van der Waals surface area contributed by atoms with Crippen LogP contribution in [-0.4, -0.2) is 31.4 Å². The lowest BCUT2D eigenvalue weighted by molar-refractivity contribution is 0.154. The standard InChI is InChI=1S/C14H22BrNO2/c1-4-16(8-9-18-5-2)12-6-7-13(11(3)17)14(15)10-12/h6-7,10-11,17H,4-5,8-9H2,1-3H3. The van der Waals surface area contributed by atoms with E-state index in [1.165, 1.54) is 0 Å². The maximum Gasteiger partial charge on any atom is 0.0772 e. The van der Waals surface area contributed by atoms with Crippen LogP contribution in [0.4, 0.5) is 5.69 Å². The van der Waals surface area contributed by atoms with Gasteiger partial charge in [-0.2, -0.15) is 0 Å². The molecule has 1 N–H and O–H groups in total. The fourth-order valence-corrected chi connectivity index (χ4v) is 2.54. The number of likely N-dealkylation sites (N-methyl/N-ethyl adjacent to an activating group) is 1. The molecular weight excluding hydrogens is 294 g/mol. The van der Waals surface area contributed by atoms with Gasteiger partial charge in [-0.3, -0.25) is 0 Å². The second-order valence-electron chi connectivity index (χ2n) is 4.16. The molecule has 0 saturated carbocycles. The van der Waals surface area contributed by atoms with Crippen molar-refractivity contribution in [2.75, 3.05) is 31.2 Å². The number of hydrogen-bond acceptors (Lipinski definition) is 3. The van der Waals surface area contributed by atoms with Gasteiger partial charge in [-0.15, -0.1) is 0 Å². The van der Waals surface area contributed by atoms with Crippen molar-refractivity contribution < 1.29 is 9.84 Å². The van der Waals surface area contributed by atoms with E-state index in [2.05, 4.69) is 33.8 Å². The molecule has 0 fully saturated rings. The summed E-state index contributed by atoms with van der Waals surface area (Å²) in [7, 11) is 0. The second-order valence-corrected chi connectivity index (χ2v) is 5.01. The van der Waals surface area contributed by atoms with Gasteiger partial charge in [0.05, 0.1) is 12.7 Å². The van der Waals surface area contributed by atoms with Crippen LogP contribution in [0.3, 0.4) is 0 Å². The number of rotatable bonds is 7. The molecule has 0 bridgehead atoms. The highest BCUT2D eigenvalue weighted by molar-refractivity contribution is 9.10. The van der Waals surface area contributed by atoms with Crippen LogP contribution in [0.25, 0.3) is 0 Å². The lowest BCUT2D eigenvalue weighted by atomic mass is 10.1. The topological polar surface area (TPSA) is 32.7 Å². The summed E-state index contributed by atoms with van der Waals surface area (Å²) in [6, 6.07) is 6.06. The average molecular weight is 316 g/mol. The third-order valence-corrected chi connectivity index (χ3v) is 3.58. The highest BCUT2D eigenvalue weighted by Gasteiger charge is 2.10. The Morgan fingerprint density at radius 3 is 2.61 bits per heavy atom. The number of aliphatic hydroxyl groups is 1. The average Bonchev–Trinajstić information content (AvgIpc) is 2.34. The SMILES string of the molecule is CCOCCN(CC)c1ccc(C(C)O)c(Br)c1. The summed E-state index contributed by atoms with van der Waals surface area (Å²) in [6.45, 7) is 9.21. The summed E-state index contributed by atoms with van der Waals surface area (Å²) in [4.78, 5) is 2.26. The van der Waals surface area contributed by atoms with Gasteiger partial charge in [0, 0.05) is 29.9 Å². The van der Waals surface area contributed by atoms with Crippen LogP contribution in [0, 0.1) is 0 Å². The molecule has 1 aromatic rings. The van der Waals surface area contributed by atoms with E-state index in [4.69, 9.17) is 4.74 Å². The minimum Gasteiger partial charge on any atom is -0.389 e. The summed E-state index contributed by atoms with van der Waals surface area (Å²) in [6.07, 6.45) is -0.452. The normalized spacial score (nSPS) is 12.5. The molecule has 0 heterocycles. The first-order valence-electron chi connectivity index (χ1n) is 6.40. The molecule has 0 aliphatic carbocycles. The van der Waals surface area contributed by atoms with Crippen LogP contribution in [0.2, 0.25) is 0 Å². The number of halogens is 1. The van der Waals surface area contributed by atoms with Crippen LogP contribution in [0.15, 0.2) is 22.7 Å². The van der Waals surface area contributed by atoms with Gasteiger partial charge >= 0.3 is 0 Å². The molecule has 0 amide bonds. The van der Waals surface area contributed by atoms with Crippen molar-refractivity contribution in [3.8, 4) is 0 Å². The minimum atomic E-state index is -0.452. The van der Waals surface area contributed by atoms with Crippen molar-refractivity contribution in [2.24, 2.45) is 0 Å². The predicted octanol–water partition coefficient (Wildman–Crippen LogP) is 3.37. The molecule has 102 valence electrons. The molecule has 1 unspecified atom stereocenters. The van der Waals surface area contributed by atoms with E-state index in [0.717, 1.165) is 42.0 Å². The highest BCUT2D eigenvalue weighted by atomic mass is 79.9. The molecule has 0 spiro atoms. The van der Waals surface area contributed by atoms with Gasteiger partial charge in [-0.25, -0.2) is 0 Å². The Kier molecular flexibility index (Phi) is 6.68. The van der Waals surface area contributed by atoms with E-state index in [1.807, 2.05) is 19.1 Å². The summed E-state index contributed by atoms with van der Waals surface area (Å²) < 4.78 is 6.34. The fraction of sp³-hybridized carbons (Fsp3) is 0.571. The lowest BCUT2D eigenvalue weighted by Crippen LogP contribution is -2.27. The molecule has 1 aromatic carbocycles. The first-order chi connectivity index (χ1) is 8.60. The van der Waals surface area contributed by atoms with Gasteiger partial charge < -0.3 is 14.7 Å². The van der Waals surface area contributed by atoms with Crippen LogP contribution in [0.5, 0.6) is 0 Å². The molecule has 0 aliphatic heterocycles. The molecule has 1 atom stereocenters. The van der Waals surface area contributed by atoms with E-state index in [-0.39, 0.29) is 0 Å². The summed E-state index contributed by atoms with van der Waals surface area (Å²) >= 11 is 3.51. The molecule has 1 rings (SSSR count). The van der Waals surface area contributed by atoms with Crippen molar-refractivity contribution in [2.45, 2.75) is 26.9 Å². The molecule has 4 heteroatoms. The smallest absolute Gasteiger partial charge is 0.0772 e. The van der Waals surface area contributed by atoms with Gasteiger partial charge in [-0.05, 0) is 38.5 Å². The van der Waals surface area contributed by atoms with Gasteiger partial charge in [-0.1, -0.05) is 22.0 Å². The summed E-state index contributed by atoms with van der Waals surface area (Å²) in [5, 5.41) is 9.60. The number of anilines is 1. The Balaban J connectivity index is 2.77. The number of benzene rings is 1. The maximum absolute atomic E-state index is 9.60. The largest absolute Gasteiger partial charge is 0.389 e. The Morgan fingerprint density at radius 2 is 2.11 bits per heavy atom.